The number of aromatic amines is 1. The molecule has 34 heavy (non-hydrogen) atoms. The number of H-pyrrole nitrogens is 1. The monoisotopic (exact) mass is 454 g/mol. The number of piperidine rings is 1. The highest BCUT2D eigenvalue weighted by Crippen LogP contribution is 2.38. The van der Waals surface area contributed by atoms with Gasteiger partial charge in [-0.3, -0.25) is 5.10 Å². The molecule has 1 saturated carbocycles. The summed E-state index contributed by atoms with van der Waals surface area (Å²) in [5, 5.41) is 36.3. The lowest BCUT2D eigenvalue weighted by atomic mass is 9.91. The van der Waals surface area contributed by atoms with E-state index in [0.717, 1.165) is 41.6 Å². The number of pyridine rings is 1. The van der Waals surface area contributed by atoms with E-state index in [2.05, 4.69) is 43.1 Å². The maximum atomic E-state index is 9.34. The fraction of sp³-hybridized carbons (Fsp3) is 0.478. The van der Waals surface area contributed by atoms with E-state index in [1.54, 1.807) is 6.20 Å². The minimum absolute atomic E-state index is 0.00294. The van der Waals surface area contributed by atoms with Crippen molar-refractivity contribution in [1.82, 2.24) is 30.1 Å². The number of aromatic nitrogens is 6. The fourth-order valence-electron chi connectivity index (χ4n) is 4.41. The van der Waals surface area contributed by atoms with Gasteiger partial charge in [0, 0.05) is 42.2 Å². The molecule has 11 nitrogen and oxygen atoms in total. The van der Waals surface area contributed by atoms with Crippen LogP contribution in [0.4, 0.5) is 5.95 Å². The lowest BCUT2D eigenvalue weighted by Crippen LogP contribution is -2.34. The molecule has 1 saturated heterocycles. The minimum atomic E-state index is -1.11. The van der Waals surface area contributed by atoms with Gasteiger partial charge in [-0.25, -0.2) is 4.98 Å². The molecule has 2 fully saturated rings. The molecule has 1 aliphatic heterocycles. The molecule has 5 rings (SSSR count). The average molecular weight is 454 g/mol. The van der Waals surface area contributed by atoms with Crippen molar-refractivity contribution in [3.8, 4) is 24.2 Å². The zero-order valence-electron chi connectivity index (χ0n) is 18.6. The van der Waals surface area contributed by atoms with Gasteiger partial charge in [-0.15, -0.1) is 0 Å². The van der Waals surface area contributed by atoms with Gasteiger partial charge in [-0.2, -0.15) is 35.8 Å². The number of hydrogen-bond donors (Lipinski definition) is 1. The summed E-state index contributed by atoms with van der Waals surface area (Å²) in [7, 11) is 0. The van der Waals surface area contributed by atoms with Crippen LogP contribution in [-0.4, -0.2) is 49.8 Å². The lowest BCUT2D eigenvalue weighted by Gasteiger charge is -2.31. The lowest BCUT2D eigenvalue weighted by molar-refractivity contribution is 0.270. The third kappa shape index (κ3) is 4.06. The van der Waals surface area contributed by atoms with Gasteiger partial charge in [0.25, 0.3) is 0 Å². The average Bonchev–Trinajstić information content (AvgIpc) is 3.50. The van der Waals surface area contributed by atoms with E-state index in [-0.39, 0.29) is 23.7 Å². The number of ether oxygens (including phenoxy) is 1. The van der Waals surface area contributed by atoms with Crippen molar-refractivity contribution in [3.05, 3.63) is 29.3 Å². The Bertz CT molecular complexity index is 1320. The Morgan fingerprint density at radius 3 is 2.68 bits per heavy atom. The Morgan fingerprint density at radius 1 is 1.18 bits per heavy atom. The molecule has 0 radical (unpaired) electrons. The molecule has 1 N–H and O–H groups in total. The quantitative estimate of drug-likeness (QED) is 0.585. The van der Waals surface area contributed by atoms with Crippen LogP contribution in [0, 0.1) is 52.8 Å². The number of anilines is 1. The Hall–Kier alpha value is -4.30. The van der Waals surface area contributed by atoms with E-state index in [1.165, 1.54) is 0 Å². The Balaban J connectivity index is 1.34. The van der Waals surface area contributed by atoms with Crippen molar-refractivity contribution in [2.75, 3.05) is 24.6 Å². The fourth-order valence-corrected chi connectivity index (χ4v) is 4.41. The molecule has 0 spiro atoms. The molecule has 1 aliphatic carbocycles. The van der Waals surface area contributed by atoms with Crippen LogP contribution in [-0.2, 0) is 0 Å². The molecule has 3 aromatic heterocycles. The number of rotatable bonds is 6. The van der Waals surface area contributed by atoms with E-state index in [1.807, 2.05) is 23.1 Å². The largest absolute Gasteiger partial charge is 0.463 e. The molecule has 4 heterocycles. The second-order valence-electron chi connectivity index (χ2n) is 8.73. The molecular weight excluding hydrogens is 432 g/mol. The first-order valence-corrected chi connectivity index (χ1v) is 11.2. The van der Waals surface area contributed by atoms with Crippen molar-refractivity contribution in [2.24, 2.45) is 11.8 Å². The summed E-state index contributed by atoms with van der Waals surface area (Å²) < 4.78 is 5.74. The summed E-state index contributed by atoms with van der Waals surface area (Å²) in [6.45, 7) is 3.77. The first-order valence-electron chi connectivity index (χ1n) is 11.2. The summed E-state index contributed by atoms with van der Waals surface area (Å²) in [5.41, 5.74) is 2.98. The van der Waals surface area contributed by atoms with Crippen LogP contribution in [0.1, 0.15) is 48.2 Å². The number of aryl methyl sites for hydroxylation is 1. The van der Waals surface area contributed by atoms with Gasteiger partial charge < -0.3 is 9.64 Å². The third-order valence-corrected chi connectivity index (χ3v) is 6.53. The molecular formula is C23H22N10O. The molecule has 0 unspecified atom stereocenters. The highest BCUT2D eigenvalue weighted by molar-refractivity contribution is 5.81. The van der Waals surface area contributed by atoms with Crippen LogP contribution in [0.2, 0.25) is 0 Å². The van der Waals surface area contributed by atoms with Crippen molar-refractivity contribution < 1.29 is 4.74 Å². The number of fused-ring (bicyclic) bond motifs is 1. The Labute approximate surface area is 196 Å². The van der Waals surface area contributed by atoms with Gasteiger partial charge in [0.05, 0.1) is 30.7 Å². The maximum absolute atomic E-state index is 9.34. The van der Waals surface area contributed by atoms with Crippen LogP contribution < -0.4 is 9.64 Å². The standard InChI is InChI=1S/C23H22N10O/c1-13-2-5-27-21-18(13)19(31-32-21)14-3-6-33(7-4-14)22-28-20(17(10-25)11-26)29-23(30-22)34-12-16-8-15(16)9-24/h2,5,14-17H,3-4,6-8,12H2,1H3,(H,27,31,32)/t15-,16+/m0/s1. The molecule has 0 aromatic carbocycles. The van der Waals surface area contributed by atoms with E-state index in [4.69, 9.17) is 10.00 Å². The second-order valence-corrected chi connectivity index (χ2v) is 8.73. The van der Waals surface area contributed by atoms with E-state index in [9.17, 15) is 10.5 Å². The number of hydrogen-bond acceptors (Lipinski definition) is 10. The summed E-state index contributed by atoms with van der Waals surface area (Å²) in [6.07, 6.45) is 4.27. The van der Waals surface area contributed by atoms with Crippen molar-refractivity contribution in [3.63, 3.8) is 0 Å². The minimum Gasteiger partial charge on any atom is -0.463 e. The SMILES string of the molecule is Cc1ccnc2n[nH]c(C3CCN(c4nc(OC[C@H]5C[C@H]5C#N)nc(C(C#N)C#N)n4)CC3)c12. The van der Waals surface area contributed by atoms with Crippen LogP contribution in [0.25, 0.3) is 11.0 Å². The van der Waals surface area contributed by atoms with Gasteiger partial charge in [-0.05, 0) is 37.8 Å². The van der Waals surface area contributed by atoms with Gasteiger partial charge in [0.15, 0.2) is 17.4 Å². The Kier molecular flexibility index (Phi) is 5.65. The first-order chi connectivity index (χ1) is 16.6. The second kappa shape index (κ2) is 8.92. The predicted molar refractivity (Wildman–Crippen MR) is 119 cm³/mol. The number of nitriles is 3. The Morgan fingerprint density at radius 2 is 1.97 bits per heavy atom. The molecule has 0 amide bonds. The van der Waals surface area contributed by atoms with E-state index in [0.29, 0.717) is 31.6 Å². The third-order valence-electron chi connectivity index (χ3n) is 6.53. The van der Waals surface area contributed by atoms with Gasteiger partial charge in [0.2, 0.25) is 5.95 Å². The molecule has 2 aliphatic rings. The summed E-state index contributed by atoms with van der Waals surface area (Å²) >= 11 is 0. The van der Waals surface area contributed by atoms with Crippen LogP contribution in [0.5, 0.6) is 6.01 Å². The molecule has 0 bridgehead atoms. The van der Waals surface area contributed by atoms with Gasteiger partial charge in [0.1, 0.15) is 0 Å². The van der Waals surface area contributed by atoms with E-state index >= 15 is 0 Å². The number of nitrogens with one attached hydrogen (secondary N) is 1. The smallest absolute Gasteiger partial charge is 0.321 e. The van der Waals surface area contributed by atoms with E-state index < -0.39 is 5.92 Å². The van der Waals surface area contributed by atoms with Gasteiger partial charge >= 0.3 is 6.01 Å². The topological polar surface area (TPSA) is 164 Å². The maximum Gasteiger partial charge on any atom is 0.321 e. The van der Waals surface area contributed by atoms with Crippen LogP contribution in [0.3, 0.4) is 0 Å². The molecule has 3 aromatic rings. The molecule has 2 atom stereocenters. The van der Waals surface area contributed by atoms with Crippen LogP contribution in [0.15, 0.2) is 12.3 Å². The summed E-state index contributed by atoms with van der Waals surface area (Å²) in [5.74, 6) is -0.168. The number of nitrogens with zero attached hydrogens (tertiary/aromatic N) is 9. The highest BCUT2D eigenvalue weighted by atomic mass is 16.5. The molecule has 170 valence electrons. The summed E-state index contributed by atoms with van der Waals surface area (Å²) in [6, 6.07) is 8.14. The predicted octanol–water partition coefficient (Wildman–Crippen LogP) is 2.50. The zero-order chi connectivity index (χ0) is 23.7. The van der Waals surface area contributed by atoms with Crippen molar-refractivity contribution in [1.29, 1.82) is 15.8 Å². The first kappa shape index (κ1) is 21.5. The van der Waals surface area contributed by atoms with Crippen molar-refractivity contribution in [2.45, 2.75) is 38.0 Å². The molecule has 11 heteroatoms. The zero-order valence-corrected chi connectivity index (χ0v) is 18.6. The normalized spacial score (nSPS) is 20.0. The highest BCUT2D eigenvalue weighted by Gasteiger charge is 2.38. The van der Waals surface area contributed by atoms with Crippen molar-refractivity contribution >= 4 is 17.0 Å². The summed E-state index contributed by atoms with van der Waals surface area (Å²) in [4.78, 5) is 19.5. The van der Waals surface area contributed by atoms with Gasteiger partial charge in [-0.1, -0.05) is 0 Å². The van der Waals surface area contributed by atoms with Crippen LogP contribution >= 0.6 is 0 Å².